The molecule has 0 N–H and O–H groups in total. The summed E-state index contributed by atoms with van der Waals surface area (Å²) in [5.74, 6) is -0.122. The summed E-state index contributed by atoms with van der Waals surface area (Å²) in [4.78, 5) is 24.2. The standard InChI is InChI=1S/C18H18N2O2/c1-4-14-5-7-15(8-6-14)17-10-9-16(11-19)18(22)20(17)12(2)13(3)21/h5-10,12H,4H2,1-3H3. The molecule has 0 spiro atoms. The van der Waals surface area contributed by atoms with E-state index < -0.39 is 11.6 Å². The Labute approximate surface area is 129 Å². The van der Waals surface area contributed by atoms with Crippen LogP contribution in [-0.2, 0) is 11.2 Å². The Balaban J connectivity index is 2.69. The highest BCUT2D eigenvalue weighted by atomic mass is 16.1. The van der Waals surface area contributed by atoms with Crippen molar-refractivity contribution in [2.45, 2.75) is 33.2 Å². The van der Waals surface area contributed by atoms with Crippen LogP contribution in [0.25, 0.3) is 11.3 Å². The molecule has 0 bridgehead atoms. The van der Waals surface area contributed by atoms with Gasteiger partial charge in [-0.1, -0.05) is 31.2 Å². The maximum absolute atomic E-state index is 12.5. The number of benzene rings is 1. The summed E-state index contributed by atoms with van der Waals surface area (Å²) in [5.41, 5.74) is 2.32. The zero-order valence-corrected chi connectivity index (χ0v) is 13.0. The fourth-order valence-corrected chi connectivity index (χ4v) is 2.35. The minimum Gasteiger partial charge on any atom is -0.298 e. The molecule has 1 heterocycles. The van der Waals surface area contributed by atoms with Gasteiger partial charge in [0.2, 0.25) is 0 Å². The number of carbonyl (C=O) groups is 1. The van der Waals surface area contributed by atoms with Gasteiger partial charge in [-0.3, -0.25) is 14.2 Å². The minimum absolute atomic E-state index is 0.0435. The van der Waals surface area contributed by atoms with Gasteiger partial charge in [0.25, 0.3) is 5.56 Å². The van der Waals surface area contributed by atoms with Gasteiger partial charge in [-0.05, 0) is 43.5 Å². The molecule has 0 saturated heterocycles. The van der Waals surface area contributed by atoms with Crippen molar-refractivity contribution in [2.24, 2.45) is 0 Å². The molecule has 0 fully saturated rings. The zero-order valence-electron chi connectivity index (χ0n) is 13.0. The lowest BCUT2D eigenvalue weighted by Gasteiger charge is -2.18. The molecule has 4 heteroatoms. The normalized spacial score (nSPS) is 11.7. The van der Waals surface area contributed by atoms with E-state index in [1.165, 1.54) is 23.1 Å². The zero-order chi connectivity index (χ0) is 16.3. The maximum Gasteiger partial charge on any atom is 0.269 e. The van der Waals surface area contributed by atoms with Crippen molar-refractivity contribution in [1.82, 2.24) is 4.57 Å². The van der Waals surface area contributed by atoms with Crippen LogP contribution in [-0.4, -0.2) is 10.4 Å². The second-order valence-electron chi connectivity index (χ2n) is 5.26. The van der Waals surface area contributed by atoms with Gasteiger partial charge in [0, 0.05) is 0 Å². The second-order valence-corrected chi connectivity index (χ2v) is 5.26. The predicted molar refractivity (Wildman–Crippen MR) is 85.6 cm³/mol. The number of nitriles is 1. The molecule has 2 rings (SSSR count). The Hall–Kier alpha value is -2.67. The van der Waals surface area contributed by atoms with Gasteiger partial charge >= 0.3 is 0 Å². The van der Waals surface area contributed by atoms with Gasteiger partial charge in [0.15, 0.2) is 5.78 Å². The summed E-state index contributed by atoms with van der Waals surface area (Å²) >= 11 is 0. The number of carbonyl (C=O) groups excluding carboxylic acids is 1. The van der Waals surface area contributed by atoms with Crippen molar-refractivity contribution in [3.63, 3.8) is 0 Å². The highest BCUT2D eigenvalue weighted by Crippen LogP contribution is 2.22. The molecular weight excluding hydrogens is 276 g/mol. The average molecular weight is 294 g/mol. The number of hydrogen-bond donors (Lipinski definition) is 0. The molecule has 0 radical (unpaired) electrons. The van der Waals surface area contributed by atoms with Gasteiger partial charge in [0.05, 0.1) is 11.7 Å². The van der Waals surface area contributed by atoms with Crippen molar-refractivity contribution >= 4 is 5.78 Å². The van der Waals surface area contributed by atoms with Gasteiger partial charge in [-0.2, -0.15) is 5.26 Å². The Kier molecular flexibility index (Phi) is 4.57. The Bertz CT molecular complexity index is 795. The minimum atomic E-state index is -0.610. The molecule has 0 aliphatic carbocycles. The number of pyridine rings is 1. The summed E-state index contributed by atoms with van der Waals surface area (Å²) in [7, 11) is 0. The van der Waals surface area contributed by atoms with Crippen LogP contribution in [0.4, 0.5) is 0 Å². The third kappa shape index (κ3) is 2.84. The van der Waals surface area contributed by atoms with E-state index in [4.69, 9.17) is 5.26 Å². The molecule has 1 unspecified atom stereocenters. The monoisotopic (exact) mass is 294 g/mol. The number of hydrogen-bond acceptors (Lipinski definition) is 3. The first kappa shape index (κ1) is 15.7. The second kappa shape index (κ2) is 6.40. The summed E-state index contributed by atoms with van der Waals surface area (Å²) in [5, 5.41) is 9.04. The van der Waals surface area contributed by atoms with E-state index in [1.807, 2.05) is 30.3 Å². The lowest BCUT2D eigenvalue weighted by atomic mass is 10.0. The van der Waals surface area contributed by atoms with Crippen molar-refractivity contribution in [1.29, 1.82) is 5.26 Å². The summed E-state index contributed by atoms with van der Waals surface area (Å²) < 4.78 is 1.40. The first-order chi connectivity index (χ1) is 10.5. The first-order valence-corrected chi connectivity index (χ1v) is 7.25. The molecule has 0 aliphatic heterocycles. The summed E-state index contributed by atoms with van der Waals surface area (Å²) in [6, 6.07) is 12.4. The van der Waals surface area contributed by atoms with E-state index in [-0.39, 0.29) is 11.3 Å². The average Bonchev–Trinajstić information content (AvgIpc) is 2.54. The number of aromatic nitrogens is 1. The lowest BCUT2D eigenvalue weighted by Crippen LogP contribution is -2.30. The predicted octanol–water partition coefficient (Wildman–Crippen LogP) is 3.10. The van der Waals surface area contributed by atoms with Crippen LogP contribution in [0, 0.1) is 11.3 Å². The highest BCUT2D eigenvalue weighted by molar-refractivity contribution is 5.80. The fourth-order valence-electron chi connectivity index (χ4n) is 2.35. The highest BCUT2D eigenvalue weighted by Gasteiger charge is 2.18. The Morgan fingerprint density at radius 3 is 2.36 bits per heavy atom. The van der Waals surface area contributed by atoms with Gasteiger partial charge in [-0.25, -0.2) is 0 Å². The van der Waals surface area contributed by atoms with Crippen molar-refractivity contribution < 1.29 is 4.79 Å². The van der Waals surface area contributed by atoms with Gasteiger partial charge < -0.3 is 0 Å². The van der Waals surface area contributed by atoms with Crippen LogP contribution < -0.4 is 5.56 Å². The largest absolute Gasteiger partial charge is 0.298 e. The fraction of sp³-hybridized carbons (Fsp3) is 0.278. The SMILES string of the molecule is CCc1ccc(-c2ccc(C#N)c(=O)n2C(C)C(C)=O)cc1. The van der Waals surface area contributed by atoms with Crippen molar-refractivity contribution in [3.8, 4) is 17.3 Å². The first-order valence-electron chi connectivity index (χ1n) is 7.25. The maximum atomic E-state index is 12.5. The molecule has 0 saturated carbocycles. The van der Waals surface area contributed by atoms with Gasteiger partial charge in [0.1, 0.15) is 11.6 Å². The van der Waals surface area contributed by atoms with Crippen LogP contribution in [0.1, 0.15) is 37.9 Å². The van der Waals surface area contributed by atoms with Gasteiger partial charge in [-0.15, -0.1) is 0 Å². The summed E-state index contributed by atoms with van der Waals surface area (Å²) in [6.07, 6.45) is 0.935. The quantitative estimate of drug-likeness (QED) is 0.870. The number of aryl methyl sites for hydroxylation is 1. The third-order valence-corrected chi connectivity index (χ3v) is 3.87. The molecule has 22 heavy (non-hydrogen) atoms. The van der Waals surface area contributed by atoms with E-state index in [0.717, 1.165) is 12.0 Å². The molecule has 1 atom stereocenters. The van der Waals surface area contributed by atoms with E-state index in [0.29, 0.717) is 5.69 Å². The van der Waals surface area contributed by atoms with Crippen LogP contribution in [0.3, 0.4) is 0 Å². The molecule has 0 amide bonds. The smallest absolute Gasteiger partial charge is 0.269 e. The van der Waals surface area contributed by atoms with E-state index >= 15 is 0 Å². The molecule has 0 aliphatic rings. The summed E-state index contributed by atoms with van der Waals surface area (Å²) in [6.45, 7) is 5.19. The molecular formula is C18H18N2O2. The molecule has 4 nitrogen and oxygen atoms in total. The Morgan fingerprint density at radius 1 is 1.23 bits per heavy atom. The van der Waals surface area contributed by atoms with Crippen LogP contribution in [0.2, 0.25) is 0 Å². The number of nitrogens with zero attached hydrogens (tertiary/aromatic N) is 2. The molecule has 1 aromatic heterocycles. The topological polar surface area (TPSA) is 62.9 Å². The van der Waals surface area contributed by atoms with Crippen LogP contribution in [0.5, 0.6) is 0 Å². The van der Waals surface area contributed by atoms with E-state index in [1.54, 1.807) is 13.0 Å². The van der Waals surface area contributed by atoms with Crippen molar-refractivity contribution in [3.05, 3.63) is 57.9 Å². The van der Waals surface area contributed by atoms with Crippen LogP contribution >= 0.6 is 0 Å². The molecule has 112 valence electrons. The van der Waals surface area contributed by atoms with Crippen molar-refractivity contribution in [2.75, 3.05) is 0 Å². The number of Topliss-reactive ketones (excluding diaryl/α,β-unsaturated/α-hetero) is 1. The molecule has 1 aromatic carbocycles. The lowest BCUT2D eigenvalue weighted by molar-refractivity contribution is -0.119. The number of ketones is 1. The Morgan fingerprint density at radius 2 is 1.86 bits per heavy atom. The van der Waals surface area contributed by atoms with E-state index in [2.05, 4.69) is 6.92 Å². The number of rotatable bonds is 4. The van der Waals surface area contributed by atoms with E-state index in [9.17, 15) is 9.59 Å². The van der Waals surface area contributed by atoms with Crippen LogP contribution in [0.15, 0.2) is 41.2 Å². The molecule has 2 aromatic rings. The third-order valence-electron chi connectivity index (χ3n) is 3.87.